The molecule has 1 saturated heterocycles. The van der Waals surface area contributed by atoms with Gasteiger partial charge in [-0.25, -0.2) is 17.1 Å². The number of nitrogens with zero attached hydrogens (tertiary/aromatic N) is 1. The molecule has 34 heavy (non-hydrogen) atoms. The van der Waals surface area contributed by atoms with Crippen molar-refractivity contribution in [3.63, 3.8) is 0 Å². The molecular formula is C23H28ClFN2O6S. The first-order chi connectivity index (χ1) is 16.2. The van der Waals surface area contributed by atoms with Crippen LogP contribution >= 0.6 is 11.6 Å². The first kappa shape index (κ1) is 26.1. The molecule has 1 amide bonds. The van der Waals surface area contributed by atoms with Crippen LogP contribution in [0.2, 0.25) is 5.02 Å². The highest BCUT2D eigenvalue weighted by Crippen LogP contribution is 2.39. The molecule has 0 atom stereocenters. The number of halogens is 2. The number of carbonyl (C=O) groups is 1. The fourth-order valence-corrected chi connectivity index (χ4v) is 5.89. The Morgan fingerprint density at radius 3 is 2.35 bits per heavy atom. The minimum atomic E-state index is -3.77. The van der Waals surface area contributed by atoms with Crippen molar-refractivity contribution in [2.24, 2.45) is 5.92 Å². The van der Waals surface area contributed by atoms with Crippen LogP contribution in [0.4, 0.5) is 4.39 Å². The van der Waals surface area contributed by atoms with E-state index in [2.05, 4.69) is 5.32 Å². The summed E-state index contributed by atoms with van der Waals surface area (Å²) in [5.74, 6) is -0.273. The van der Waals surface area contributed by atoms with Gasteiger partial charge in [-0.3, -0.25) is 4.79 Å². The highest BCUT2D eigenvalue weighted by molar-refractivity contribution is 7.88. The average Bonchev–Trinajstić information content (AvgIpc) is 2.84. The lowest BCUT2D eigenvalue weighted by Gasteiger charge is -2.30. The summed E-state index contributed by atoms with van der Waals surface area (Å²) in [4.78, 5) is 12.7. The van der Waals surface area contributed by atoms with E-state index in [9.17, 15) is 17.6 Å². The van der Waals surface area contributed by atoms with Gasteiger partial charge in [0.2, 0.25) is 21.7 Å². The van der Waals surface area contributed by atoms with E-state index in [1.807, 2.05) is 0 Å². The summed E-state index contributed by atoms with van der Waals surface area (Å²) in [6.45, 7) is 0.561. The van der Waals surface area contributed by atoms with Crippen molar-refractivity contribution in [2.75, 3.05) is 34.4 Å². The van der Waals surface area contributed by atoms with Gasteiger partial charge in [-0.15, -0.1) is 0 Å². The van der Waals surface area contributed by atoms with E-state index < -0.39 is 21.6 Å². The van der Waals surface area contributed by atoms with E-state index >= 15 is 0 Å². The molecule has 3 rings (SSSR count). The summed E-state index contributed by atoms with van der Waals surface area (Å²) in [5, 5.41) is 2.96. The number of piperidine rings is 1. The average molecular weight is 515 g/mol. The largest absolute Gasteiger partial charge is 0.493 e. The highest BCUT2D eigenvalue weighted by Gasteiger charge is 2.32. The number of carbonyl (C=O) groups excluding carboxylic acids is 1. The molecule has 1 heterocycles. The molecule has 1 fully saturated rings. The van der Waals surface area contributed by atoms with Crippen LogP contribution in [0, 0.1) is 11.7 Å². The van der Waals surface area contributed by atoms with Crippen LogP contribution in [-0.4, -0.2) is 53.0 Å². The summed E-state index contributed by atoms with van der Waals surface area (Å²) in [5.41, 5.74) is 0.670. The van der Waals surface area contributed by atoms with Gasteiger partial charge in [0, 0.05) is 41.7 Å². The third kappa shape index (κ3) is 5.73. The predicted octanol–water partition coefficient (Wildman–Crippen LogP) is 3.36. The third-order valence-corrected chi connectivity index (χ3v) is 8.00. The van der Waals surface area contributed by atoms with E-state index in [-0.39, 0.29) is 42.0 Å². The van der Waals surface area contributed by atoms with Crippen LogP contribution in [0.5, 0.6) is 17.2 Å². The van der Waals surface area contributed by atoms with Crippen molar-refractivity contribution < 1.29 is 31.8 Å². The number of sulfonamides is 1. The Morgan fingerprint density at radius 2 is 1.76 bits per heavy atom. The fraction of sp³-hybridized carbons (Fsp3) is 0.435. The normalized spacial score (nSPS) is 15.1. The minimum Gasteiger partial charge on any atom is -0.493 e. The maximum Gasteiger partial charge on any atom is 0.223 e. The highest BCUT2D eigenvalue weighted by atomic mass is 35.5. The van der Waals surface area contributed by atoms with Crippen molar-refractivity contribution in [1.29, 1.82) is 0 Å². The molecule has 2 aromatic rings. The Labute approximate surface area is 204 Å². The maximum absolute atomic E-state index is 14.0. The van der Waals surface area contributed by atoms with Crippen LogP contribution in [-0.2, 0) is 27.1 Å². The van der Waals surface area contributed by atoms with Crippen LogP contribution < -0.4 is 19.5 Å². The SMILES string of the molecule is COc1ccc(CNC(=O)C2CCN(S(=O)(=O)Cc3c(F)cccc3Cl)CC2)c(OC)c1OC. The second-order valence-corrected chi connectivity index (χ2v) is 10.2. The van der Waals surface area contributed by atoms with Gasteiger partial charge in [0.25, 0.3) is 0 Å². The van der Waals surface area contributed by atoms with E-state index in [0.29, 0.717) is 30.1 Å². The molecule has 8 nitrogen and oxygen atoms in total. The topological polar surface area (TPSA) is 94.2 Å². The Bertz CT molecular complexity index is 1120. The van der Waals surface area contributed by atoms with Gasteiger partial charge < -0.3 is 19.5 Å². The zero-order valence-corrected chi connectivity index (χ0v) is 20.8. The molecule has 0 aliphatic carbocycles. The zero-order chi connectivity index (χ0) is 24.9. The van der Waals surface area contributed by atoms with Crippen molar-refractivity contribution in [1.82, 2.24) is 9.62 Å². The van der Waals surface area contributed by atoms with Gasteiger partial charge in [-0.1, -0.05) is 17.7 Å². The molecule has 0 radical (unpaired) electrons. The standard InChI is InChI=1S/C23H28ClFN2O6S/c1-31-20-8-7-16(21(32-2)22(20)33-3)13-26-23(28)15-9-11-27(12-10-15)34(29,30)14-17-18(24)5-4-6-19(17)25/h4-8,15H,9-14H2,1-3H3,(H,26,28). The number of methoxy groups -OCH3 is 3. The monoisotopic (exact) mass is 514 g/mol. The summed E-state index contributed by atoms with van der Waals surface area (Å²) >= 11 is 5.98. The van der Waals surface area contributed by atoms with E-state index in [4.69, 9.17) is 25.8 Å². The van der Waals surface area contributed by atoms with E-state index in [1.54, 1.807) is 12.1 Å². The number of hydrogen-bond acceptors (Lipinski definition) is 6. The number of hydrogen-bond donors (Lipinski definition) is 1. The molecule has 0 spiro atoms. The lowest BCUT2D eigenvalue weighted by molar-refractivity contribution is -0.126. The van der Waals surface area contributed by atoms with Gasteiger partial charge >= 0.3 is 0 Å². The molecule has 186 valence electrons. The van der Waals surface area contributed by atoms with E-state index in [0.717, 1.165) is 5.56 Å². The van der Waals surface area contributed by atoms with Crippen LogP contribution in [0.3, 0.4) is 0 Å². The van der Waals surface area contributed by atoms with Gasteiger partial charge in [0.05, 0.1) is 27.1 Å². The molecule has 2 aromatic carbocycles. The minimum absolute atomic E-state index is 0.0482. The molecule has 0 saturated carbocycles. The maximum atomic E-state index is 14.0. The summed E-state index contributed by atoms with van der Waals surface area (Å²) in [6, 6.07) is 7.58. The molecular weight excluding hydrogens is 487 g/mol. The Morgan fingerprint density at radius 1 is 1.09 bits per heavy atom. The zero-order valence-electron chi connectivity index (χ0n) is 19.3. The predicted molar refractivity (Wildman–Crippen MR) is 126 cm³/mol. The molecule has 1 aliphatic rings. The van der Waals surface area contributed by atoms with Gasteiger partial charge in [-0.05, 0) is 37.1 Å². The van der Waals surface area contributed by atoms with Crippen molar-refractivity contribution in [2.45, 2.75) is 25.1 Å². The number of rotatable bonds is 9. The molecule has 11 heteroatoms. The number of amides is 1. The molecule has 1 aliphatic heterocycles. The second kappa shape index (κ2) is 11.2. The molecule has 0 bridgehead atoms. The van der Waals surface area contributed by atoms with Crippen LogP contribution in [0.15, 0.2) is 30.3 Å². The third-order valence-electron chi connectivity index (χ3n) is 5.85. The van der Waals surface area contributed by atoms with E-state index in [1.165, 1.54) is 43.8 Å². The Hall–Kier alpha value is -2.56. The quantitative estimate of drug-likeness (QED) is 0.551. The molecule has 0 aromatic heterocycles. The first-order valence-electron chi connectivity index (χ1n) is 10.7. The summed E-state index contributed by atoms with van der Waals surface area (Å²) in [7, 11) is 0.762. The fourth-order valence-electron chi connectivity index (χ4n) is 3.97. The Kier molecular flexibility index (Phi) is 8.62. The Balaban J connectivity index is 1.59. The van der Waals surface area contributed by atoms with Gasteiger partial charge in [-0.2, -0.15) is 0 Å². The summed E-state index contributed by atoms with van der Waals surface area (Å²) in [6.07, 6.45) is 0.721. The van der Waals surface area contributed by atoms with Crippen LogP contribution in [0.1, 0.15) is 24.0 Å². The number of ether oxygens (including phenoxy) is 3. The van der Waals surface area contributed by atoms with Gasteiger partial charge in [0.1, 0.15) is 5.82 Å². The lowest BCUT2D eigenvalue weighted by atomic mass is 9.97. The number of benzene rings is 2. The van der Waals surface area contributed by atoms with Crippen molar-refractivity contribution in [3.05, 3.63) is 52.3 Å². The smallest absolute Gasteiger partial charge is 0.223 e. The van der Waals surface area contributed by atoms with Crippen molar-refractivity contribution in [3.8, 4) is 17.2 Å². The van der Waals surface area contributed by atoms with Gasteiger partial charge in [0.15, 0.2) is 11.5 Å². The second-order valence-electron chi connectivity index (χ2n) is 7.84. The van der Waals surface area contributed by atoms with Crippen LogP contribution in [0.25, 0.3) is 0 Å². The molecule has 0 unspecified atom stereocenters. The van der Waals surface area contributed by atoms with Crippen molar-refractivity contribution >= 4 is 27.5 Å². The molecule has 1 N–H and O–H groups in total. The summed E-state index contributed by atoms with van der Waals surface area (Å²) < 4.78 is 57.0. The first-order valence-corrected chi connectivity index (χ1v) is 12.7. The number of nitrogens with one attached hydrogen (secondary N) is 1. The lowest BCUT2D eigenvalue weighted by Crippen LogP contribution is -2.43.